The number of halogens is 1. The Morgan fingerprint density at radius 2 is 2.07 bits per heavy atom. The number of carboxylic acid groups (broad SMARTS) is 1. The van der Waals surface area contributed by atoms with Crippen LogP contribution in [0.2, 0.25) is 0 Å². The molecule has 0 saturated heterocycles. The van der Waals surface area contributed by atoms with Gasteiger partial charge in [0.2, 0.25) is 0 Å². The van der Waals surface area contributed by atoms with Gasteiger partial charge in [-0.15, -0.1) is 0 Å². The number of rotatable bonds is 3. The molecule has 0 aromatic heterocycles. The van der Waals surface area contributed by atoms with Crippen molar-refractivity contribution in [3.8, 4) is 0 Å². The molecule has 0 heterocycles. The molecule has 15 heavy (non-hydrogen) atoms. The molecule has 0 spiro atoms. The van der Waals surface area contributed by atoms with Crippen LogP contribution in [-0.2, 0) is 4.79 Å². The van der Waals surface area contributed by atoms with E-state index in [0.29, 0.717) is 0 Å². The summed E-state index contributed by atoms with van der Waals surface area (Å²) in [6.45, 7) is 5.98. The van der Waals surface area contributed by atoms with Gasteiger partial charge in [-0.25, -0.2) is 0 Å². The Bertz CT molecular complexity index is 385. The first-order chi connectivity index (χ1) is 6.91. The van der Waals surface area contributed by atoms with Crippen LogP contribution >= 0.6 is 15.9 Å². The van der Waals surface area contributed by atoms with Gasteiger partial charge in [0.1, 0.15) is 0 Å². The summed E-state index contributed by atoms with van der Waals surface area (Å²) in [5, 5.41) is 8.76. The SMILES string of the molecule is Cc1cc(C)c(Br)c(C(C)CC(=O)O)c1. The summed E-state index contributed by atoms with van der Waals surface area (Å²) in [6.07, 6.45) is 0.168. The maximum absolute atomic E-state index is 10.6. The number of carboxylic acids is 1. The van der Waals surface area contributed by atoms with Crippen LogP contribution in [0, 0.1) is 13.8 Å². The molecular formula is C12H15BrO2. The molecular weight excluding hydrogens is 256 g/mol. The minimum Gasteiger partial charge on any atom is -0.481 e. The number of carbonyl (C=O) groups is 1. The van der Waals surface area contributed by atoms with Gasteiger partial charge in [-0.05, 0) is 30.9 Å². The summed E-state index contributed by atoms with van der Waals surface area (Å²) in [7, 11) is 0. The van der Waals surface area contributed by atoms with E-state index in [4.69, 9.17) is 5.11 Å². The average molecular weight is 271 g/mol. The van der Waals surface area contributed by atoms with Crippen molar-refractivity contribution < 1.29 is 9.90 Å². The number of hydrogen-bond acceptors (Lipinski definition) is 1. The first kappa shape index (κ1) is 12.2. The molecule has 82 valence electrons. The zero-order valence-corrected chi connectivity index (χ0v) is 10.8. The zero-order chi connectivity index (χ0) is 11.6. The molecule has 1 N–H and O–H groups in total. The van der Waals surface area contributed by atoms with Crippen molar-refractivity contribution in [3.63, 3.8) is 0 Å². The highest BCUT2D eigenvalue weighted by atomic mass is 79.9. The highest BCUT2D eigenvalue weighted by Gasteiger charge is 2.14. The van der Waals surface area contributed by atoms with Crippen LogP contribution in [0.25, 0.3) is 0 Å². The molecule has 0 aliphatic rings. The van der Waals surface area contributed by atoms with Crippen molar-refractivity contribution in [2.45, 2.75) is 33.1 Å². The van der Waals surface area contributed by atoms with Crippen molar-refractivity contribution >= 4 is 21.9 Å². The minimum absolute atomic E-state index is 0.0375. The number of hydrogen-bond donors (Lipinski definition) is 1. The average Bonchev–Trinajstić information content (AvgIpc) is 2.09. The van der Waals surface area contributed by atoms with E-state index in [1.807, 2.05) is 26.8 Å². The smallest absolute Gasteiger partial charge is 0.303 e. The second-order valence-electron chi connectivity index (χ2n) is 3.98. The predicted molar refractivity (Wildman–Crippen MR) is 64.3 cm³/mol. The third-order valence-corrected chi connectivity index (χ3v) is 3.52. The predicted octanol–water partition coefficient (Wildman–Crippen LogP) is 3.64. The number of aliphatic carboxylic acids is 1. The third kappa shape index (κ3) is 3.06. The molecule has 0 radical (unpaired) electrons. The lowest BCUT2D eigenvalue weighted by Gasteiger charge is -2.14. The van der Waals surface area contributed by atoms with Gasteiger partial charge in [-0.3, -0.25) is 4.79 Å². The van der Waals surface area contributed by atoms with Gasteiger partial charge in [0.25, 0.3) is 0 Å². The quantitative estimate of drug-likeness (QED) is 0.911. The van der Waals surface area contributed by atoms with Gasteiger partial charge in [0.15, 0.2) is 0 Å². The van der Waals surface area contributed by atoms with Crippen molar-refractivity contribution in [1.82, 2.24) is 0 Å². The normalized spacial score (nSPS) is 12.5. The van der Waals surface area contributed by atoms with Crippen LogP contribution < -0.4 is 0 Å². The van der Waals surface area contributed by atoms with Crippen LogP contribution in [0.15, 0.2) is 16.6 Å². The van der Waals surface area contributed by atoms with Crippen LogP contribution in [0.3, 0.4) is 0 Å². The second kappa shape index (κ2) is 4.79. The van der Waals surface area contributed by atoms with E-state index in [1.165, 1.54) is 5.56 Å². The van der Waals surface area contributed by atoms with Crippen LogP contribution in [-0.4, -0.2) is 11.1 Å². The van der Waals surface area contributed by atoms with Crippen LogP contribution in [0.1, 0.15) is 36.0 Å². The maximum Gasteiger partial charge on any atom is 0.303 e. The lowest BCUT2D eigenvalue weighted by Crippen LogP contribution is -2.04. The monoisotopic (exact) mass is 270 g/mol. The van der Waals surface area contributed by atoms with Crippen molar-refractivity contribution in [1.29, 1.82) is 0 Å². The molecule has 0 fully saturated rings. The first-order valence-electron chi connectivity index (χ1n) is 4.90. The van der Waals surface area contributed by atoms with Crippen LogP contribution in [0.5, 0.6) is 0 Å². The van der Waals surface area contributed by atoms with E-state index in [2.05, 4.69) is 22.0 Å². The second-order valence-corrected chi connectivity index (χ2v) is 4.78. The lowest BCUT2D eigenvalue weighted by molar-refractivity contribution is -0.137. The maximum atomic E-state index is 10.6. The van der Waals surface area contributed by atoms with Crippen molar-refractivity contribution in [3.05, 3.63) is 33.3 Å². The van der Waals surface area contributed by atoms with E-state index in [1.54, 1.807) is 0 Å². The van der Waals surface area contributed by atoms with Crippen LogP contribution in [0.4, 0.5) is 0 Å². The molecule has 0 aliphatic heterocycles. The summed E-state index contributed by atoms with van der Waals surface area (Å²) >= 11 is 3.51. The van der Waals surface area contributed by atoms with Gasteiger partial charge >= 0.3 is 5.97 Å². The standard InChI is InChI=1S/C12H15BrO2/c1-7-4-9(3)12(13)10(5-7)8(2)6-11(14)15/h4-5,8H,6H2,1-3H3,(H,14,15). The Balaban J connectivity index is 3.07. The van der Waals surface area contributed by atoms with E-state index in [-0.39, 0.29) is 12.3 Å². The Hall–Kier alpha value is -0.830. The Morgan fingerprint density at radius 3 is 2.60 bits per heavy atom. The number of aryl methyl sites for hydroxylation is 2. The molecule has 1 aromatic carbocycles. The Labute approximate surface area is 98.4 Å². The zero-order valence-electron chi connectivity index (χ0n) is 9.17. The third-order valence-electron chi connectivity index (χ3n) is 2.44. The summed E-state index contributed by atoms with van der Waals surface area (Å²) in [4.78, 5) is 10.6. The number of benzene rings is 1. The molecule has 1 unspecified atom stereocenters. The summed E-state index contributed by atoms with van der Waals surface area (Å²) in [5.74, 6) is -0.718. The van der Waals surface area contributed by atoms with E-state index in [9.17, 15) is 4.79 Å². The molecule has 1 atom stereocenters. The topological polar surface area (TPSA) is 37.3 Å². The van der Waals surface area contributed by atoms with Gasteiger partial charge in [0.05, 0.1) is 6.42 Å². The highest BCUT2D eigenvalue weighted by Crippen LogP contribution is 2.30. The lowest BCUT2D eigenvalue weighted by atomic mass is 9.94. The fourth-order valence-electron chi connectivity index (χ4n) is 1.71. The van der Waals surface area contributed by atoms with E-state index in [0.717, 1.165) is 15.6 Å². The van der Waals surface area contributed by atoms with E-state index < -0.39 is 5.97 Å². The minimum atomic E-state index is -0.756. The molecule has 2 nitrogen and oxygen atoms in total. The fourth-order valence-corrected chi connectivity index (χ4v) is 2.33. The summed E-state index contributed by atoms with van der Waals surface area (Å²) in [6, 6.07) is 4.13. The molecule has 0 bridgehead atoms. The van der Waals surface area contributed by atoms with Gasteiger partial charge < -0.3 is 5.11 Å². The van der Waals surface area contributed by atoms with Gasteiger partial charge in [-0.2, -0.15) is 0 Å². The largest absolute Gasteiger partial charge is 0.481 e. The fraction of sp³-hybridized carbons (Fsp3) is 0.417. The molecule has 0 saturated carbocycles. The molecule has 0 aliphatic carbocycles. The van der Waals surface area contributed by atoms with Gasteiger partial charge in [-0.1, -0.05) is 40.5 Å². The Kier molecular flexibility index (Phi) is 3.91. The Morgan fingerprint density at radius 1 is 1.47 bits per heavy atom. The first-order valence-corrected chi connectivity index (χ1v) is 5.69. The van der Waals surface area contributed by atoms with Crippen molar-refractivity contribution in [2.24, 2.45) is 0 Å². The highest BCUT2D eigenvalue weighted by molar-refractivity contribution is 9.10. The van der Waals surface area contributed by atoms with E-state index >= 15 is 0 Å². The molecule has 3 heteroatoms. The van der Waals surface area contributed by atoms with Gasteiger partial charge in [0, 0.05) is 4.47 Å². The molecule has 0 amide bonds. The molecule has 1 aromatic rings. The van der Waals surface area contributed by atoms with Crippen molar-refractivity contribution in [2.75, 3.05) is 0 Å². The molecule has 1 rings (SSSR count). The summed E-state index contributed by atoms with van der Waals surface area (Å²) in [5.41, 5.74) is 3.40. The summed E-state index contributed by atoms with van der Waals surface area (Å²) < 4.78 is 1.03.